The summed E-state index contributed by atoms with van der Waals surface area (Å²) < 4.78 is 5.80. The number of piperazine rings is 1. The van der Waals surface area contributed by atoms with Gasteiger partial charge in [0, 0.05) is 25.2 Å². The number of nitrogens with one attached hydrogen (secondary N) is 1. The van der Waals surface area contributed by atoms with Gasteiger partial charge in [0.15, 0.2) is 0 Å². The molecule has 0 bridgehead atoms. The van der Waals surface area contributed by atoms with Crippen LogP contribution >= 0.6 is 0 Å². The van der Waals surface area contributed by atoms with E-state index in [1.54, 1.807) is 0 Å². The Morgan fingerprint density at radius 2 is 1.83 bits per heavy atom. The average molecular weight is 254 g/mol. The molecule has 0 aromatic carbocycles. The van der Waals surface area contributed by atoms with Gasteiger partial charge in [0.2, 0.25) is 5.91 Å². The second-order valence-electron chi connectivity index (χ2n) is 6.08. The van der Waals surface area contributed by atoms with E-state index >= 15 is 0 Å². The number of carbonyl (C=O) groups is 1. The van der Waals surface area contributed by atoms with Gasteiger partial charge < -0.3 is 15.0 Å². The molecule has 18 heavy (non-hydrogen) atoms. The predicted molar refractivity (Wildman–Crippen MR) is 71.3 cm³/mol. The average Bonchev–Trinajstić information content (AvgIpc) is 2.56. The van der Waals surface area contributed by atoms with Crippen molar-refractivity contribution in [3.63, 3.8) is 0 Å². The van der Waals surface area contributed by atoms with E-state index in [9.17, 15) is 4.79 Å². The normalized spacial score (nSPS) is 45.3. The van der Waals surface area contributed by atoms with Crippen LogP contribution in [0.15, 0.2) is 0 Å². The fourth-order valence-corrected chi connectivity index (χ4v) is 3.21. The fourth-order valence-electron chi connectivity index (χ4n) is 3.21. The van der Waals surface area contributed by atoms with Crippen LogP contribution in [0, 0.1) is 11.8 Å². The summed E-state index contributed by atoms with van der Waals surface area (Å²) in [7, 11) is 0. The van der Waals surface area contributed by atoms with Crippen molar-refractivity contribution in [2.45, 2.75) is 58.9 Å². The summed E-state index contributed by atoms with van der Waals surface area (Å²) in [6, 6.07) is 0.666. The van der Waals surface area contributed by atoms with Crippen molar-refractivity contribution in [2.24, 2.45) is 11.8 Å². The molecule has 4 heteroatoms. The zero-order chi connectivity index (χ0) is 13.4. The smallest absolute Gasteiger partial charge is 0.229 e. The Bertz CT molecular complexity index is 321. The number of carbonyl (C=O) groups excluding carboxylic acids is 1. The Balaban J connectivity index is 2.10. The summed E-state index contributed by atoms with van der Waals surface area (Å²) in [6.45, 7) is 12.2. The van der Waals surface area contributed by atoms with Crippen LogP contribution in [-0.4, -0.2) is 48.2 Å². The van der Waals surface area contributed by atoms with Crippen LogP contribution in [0.3, 0.4) is 0 Å². The summed E-state index contributed by atoms with van der Waals surface area (Å²) in [5, 5.41) is 3.41. The summed E-state index contributed by atoms with van der Waals surface area (Å²) in [5.74, 6) is 0.609. The van der Waals surface area contributed by atoms with Crippen LogP contribution in [0.1, 0.15) is 34.6 Å². The molecule has 2 fully saturated rings. The largest absolute Gasteiger partial charge is 0.374 e. The molecule has 0 spiro atoms. The summed E-state index contributed by atoms with van der Waals surface area (Å²) in [5.41, 5.74) is 0. The molecule has 0 aliphatic carbocycles. The first-order chi connectivity index (χ1) is 8.41. The molecule has 0 aromatic heterocycles. The van der Waals surface area contributed by atoms with Crippen molar-refractivity contribution < 1.29 is 9.53 Å². The van der Waals surface area contributed by atoms with Crippen molar-refractivity contribution in [1.29, 1.82) is 0 Å². The molecule has 0 radical (unpaired) electrons. The van der Waals surface area contributed by atoms with Gasteiger partial charge in [-0.1, -0.05) is 6.92 Å². The molecule has 2 rings (SSSR count). The monoisotopic (exact) mass is 254 g/mol. The van der Waals surface area contributed by atoms with Crippen molar-refractivity contribution in [3.05, 3.63) is 0 Å². The lowest BCUT2D eigenvalue weighted by Gasteiger charge is -2.39. The molecule has 2 heterocycles. The quantitative estimate of drug-likeness (QED) is 0.766. The molecule has 104 valence electrons. The van der Waals surface area contributed by atoms with E-state index in [4.69, 9.17) is 4.74 Å². The zero-order valence-electron chi connectivity index (χ0n) is 12.1. The van der Waals surface area contributed by atoms with Gasteiger partial charge >= 0.3 is 0 Å². The van der Waals surface area contributed by atoms with Crippen molar-refractivity contribution in [2.75, 3.05) is 13.1 Å². The molecule has 2 aliphatic heterocycles. The highest BCUT2D eigenvalue weighted by Gasteiger charge is 2.44. The maximum Gasteiger partial charge on any atom is 0.229 e. The summed E-state index contributed by atoms with van der Waals surface area (Å²) in [4.78, 5) is 14.8. The minimum absolute atomic E-state index is 0.0211. The maximum atomic E-state index is 12.7. The standard InChI is InChI=1S/C14H26N2O2/c1-8-7-16(9(2)6-15-8)14(17)13-10(3)11(4)18-12(13)5/h8-13,15H,6-7H2,1-5H3. The van der Waals surface area contributed by atoms with Crippen molar-refractivity contribution >= 4 is 5.91 Å². The van der Waals surface area contributed by atoms with Crippen LogP contribution in [-0.2, 0) is 9.53 Å². The molecular weight excluding hydrogens is 228 g/mol. The van der Waals surface area contributed by atoms with Crippen LogP contribution in [0.25, 0.3) is 0 Å². The number of hydrogen-bond acceptors (Lipinski definition) is 3. The van der Waals surface area contributed by atoms with Crippen LogP contribution in [0.4, 0.5) is 0 Å². The molecule has 6 unspecified atom stereocenters. The van der Waals surface area contributed by atoms with Gasteiger partial charge in [-0.15, -0.1) is 0 Å². The highest BCUT2D eigenvalue weighted by atomic mass is 16.5. The molecule has 1 amide bonds. The number of ether oxygens (including phenoxy) is 1. The van der Waals surface area contributed by atoms with Crippen molar-refractivity contribution in [1.82, 2.24) is 10.2 Å². The molecule has 1 N–H and O–H groups in total. The van der Waals surface area contributed by atoms with E-state index in [0.717, 1.165) is 13.1 Å². The zero-order valence-corrected chi connectivity index (χ0v) is 12.1. The highest BCUT2D eigenvalue weighted by Crippen LogP contribution is 2.34. The lowest BCUT2D eigenvalue weighted by molar-refractivity contribution is -0.141. The molecule has 0 saturated carbocycles. The highest BCUT2D eigenvalue weighted by molar-refractivity contribution is 5.80. The number of hydrogen-bond donors (Lipinski definition) is 1. The van der Waals surface area contributed by atoms with Gasteiger partial charge in [-0.25, -0.2) is 0 Å². The van der Waals surface area contributed by atoms with Gasteiger partial charge in [-0.05, 0) is 33.6 Å². The molecule has 4 nitrogen and oxygen atoms in total. The maximum absolute atomic E-state index is 12.7. The van der Waals surface area contributed by atoms with Crippen LogP contribution < -0.4 is 5.32 Å². The van der Waals surface area contributed by atoms with Gasteiger partial charge in [0.1, 0.15) is 0 Å². The second-order valence-corrected chi connectivity index (χ2v) is 6.08. The van der Waals surface area contributed by atoms with E-state index in [2.05, 4.69) is 33.0 Å². The van der Waals surface area contributed by atoms with Gasteiger partial charge in [0.25, 0.3) is 0 Å². The molecular formula is C14H26N2O2. The summed E-state index contributed by atoms with van der Waals surface area (Å²) in [6.07, 6.45) is 0.226. The minimum atomic E-state index is 0.0211. The molecule has 0 aromatic rings. The third-order valence-electron chi connectivity index (χ3n) is 4.57. The van der Waals surface area contributed by atoms with E-state index in [-0.39, 0.29) is 30.1 Å². The number of amides is 1. The second kappa shape index (κ2) is 5.17. The third kappa shape index (κ3) is 2.41. The molecule has 2 aliphatic rings. The molecule has 2 saturated heterocycles. The van der Waals surface area contributed by atoms with Crippen LogP contribution in [0.2, 0.25) is 0 Å². The van der Waals surface area contributed by atoms with E-state index in [1.165, 1.54) is 0 Å². The lowest BCUT2D eigenvalue weighted by Crippen LogP contribution is -2.58. The Kier molecular flexibility index (Phi) is 3.97. The predicted octanol–water partition coefficient (Wildman–Crippen LogP) is 1.25. The fraction of sp³-hybridized carbons (Fsp3) is 0.929. The number of rotatable bonds is 1. The molecule has 6 atom stereocenters. The van der Waals surface area contributed by atoms with Gasteiger partial charge in [0.05, 0.1) is 18.1 Å². The minimum Gasteiger partial charge on any atom is -0.374 e. The first kappa shape index (κ1) is 13.8. The van der Waals surface area contributed by atoms with Crippen LogP contribution in [0.5, 0.6) is 0 Å². The van der Waals surface area contributed by atoms with Gasteiger partial charge in [-0.2, -0.15) is 0 Å². The van der Waals surface area contributed by atoms with Gasteiger partial charge in [-0.3, -0.25) is 4.79 Å². The van der Waals surface area contributed by atoms with E-state index in [1.807, 2.05) is 11.8 Å². The van der Waals surface area contributed by atoms with Crippen molar-refractivity contribution in [3.8, 4) is 0 Å². The van der Waals surface area contributed by atoms with E-state index < -0.39 is 0 Å². The lowest BCUT2D eigenvalue weighted by atomic mass is 9.87. The first-order valence-corrected chi connectivity index (χ1v) is 7.11. The third-order valence-corrected chi connectivity index (χ3v) is 4.57. The van der Waals surface area contributed by atoms with E-state index in [0.29, 0.717) is 12.0 Å². The Hall–Kier alpha value is -0.610. The SMILES string of the molecule is CC1CN(C(=O)C2C(C)OC(C)C2C)C(C)CN1. The topological polar surface area (TPSA) is 41.6 Å². The Morgan fingerprint density at radius 3 is 2.39 bits per heavy atom. The number of nitrogens with zero attached hydrogens (tertiary/aromatic N) is 1. The Labute approximate surface area is 110 Å². The first-order valence-electron chi connectivity index (χ1n) is 7.11. The Morgan fingerprint density at radius 1 is 1.17 bits per heavy atom. The summed E-state index contributed by atoms with van der Waals surface area (Å²) >= 11 is 0.